The van der Waals surface area contributed by atoms with Crippen LogP contribution in [0.15, 0.2) is 71.3 Å². The van der Waals surface area contributed by atoms with Crippen LogP contribution in [0.3, 0.4) is 0 Å². The van der Waals surface area contributed by atoms with Crippen molar-refractivity contribution in [2.75, 3.05) is 12.8 Å². The fourth-order valence-electron chi connectivity index (χ4n) is 2.86. The van der Waals surface area contributed by atoms with E-state index in [-0.39, 0.29) is 5.91 Å². The second-order valence-corrected chi connectivity index (χ2v) is 8.80. The molecule has 0 aliphatic heterocycles. The summed E-state index contributed by atoms with van der Waals surface area (Å²) in [6, 6.07) is 18.1. The number of carbonyl (C=O) groups excluding carboxylic acids is 1. The normalized spacial score (nSPS) is 11.0. The first-order chi connectivity index (χ1) is 13.7. The van der Waals surface area contributed by atoms with Gasteiger partial charge in [-0.3, -0.25) is 4.79 Å². The van der Waals surface area contributed by atoms with E-state index in [4.69, 9.17) is 0 Å². The van der Waals surface area contributed by atoms with E-state index in [1.165, 1.54) is 4.70 Å². The van der Waals surface area contributed by atoms with Crippen molar-refractivity contribution in [2.45, 2.75) is 17.3 Å². The molecule has 0 bridgehead atoms. The molecule has 1 amide bonds. The molecule has 0 aliphatic carbocycles. The lowest BCUT2D eigenvalue weighted by atomic mass is 10.3. The first kappa shape index (κ1) is 18.7. The van der Waals surface area contributed by atoms with Gasteiger partial charge in [-0.2, -0.15) is 5.10 Å². The van der Waals surface area contributed by atoms with Crippen molar-refractivity contribution < 1.29 is 4.79 Å². The number of thiazole rings is 1. The summed E-state index contributed by atoms with van der Waals surface area (Å²) in [5.41, 5.74) is 3.04. The molecular formula is C21H20N4OS2. The largest absolute Gasteiger partial charge is 0.341 e. The summed E-state index contributed by atoms with van der Waals surface area (Å²) in [5, 5.41) is 4.39. The predicted molar refractivity (Wildman–Crippen MR) is 115 cm³/mol. The van der Waals surface area contributed by atoms with E-state index in [1.807, 2.05) is 72.7 Å². The molecule has 0 saturated heterocycles. The van der Waals surface area contributed by atoms with Crippen LogP contribution in [-0.4, -0.2) is 38.4 Å². The average molecular weight is 409 g/mol. The molecule has 0 fully saturated rings. The summed E-state index contributed by atoms with van der Waals surface area (Å²) in [5.74, 6) is 0.854. The van der Waals surface area contributed by atoms with Crippen LogP contribution in [0.4, 0.5) is 0 Å². The van der Waals surface area contributed by atoms with Gasteiger partial charge in [-0.25, -0.2) is 9.67 Å². The topological polar surface area (TPSA) is 51.0 Å². The number of nitrogens with zero attached hydrogens (tertiary/aromatic N) is 4. The first-order valence-corrected chi connectivity index (χ1v) is 10.8. The molecule has 2 aromatic heterocycles. The summed E-state index contributed by atoms with van der Waals surface area (Å²) in [6.45, 7) is 0.553. The summed E-state index contributed by atoms with van der Waals surface area (Å²) < 4.78 is 4.03. The number of hydrogen-bond acceptors (Lipinski definition) is 5. The molecule has 0 saturated carbocycles. The Morgan fingerprint density at radius 3 is 2.75 bits per heavy atom. The van der Waals surface area contributed by atoms with Crippen molar-refractivity contribution >= 4 is 39.2 Å². The van der Waals surface area contributed by atoms with Crippen molar-refractivity contribution in [3.63, 3.8) is 0 Å². The van der Waals surface area contributed by atoms with Gasteiger partial charge in [0, 0.05) is 37.5 Å². The zero-order chi connectivity index (χ0) is 19.3. The quantitative estimate of drug-likeness (QED) is 0.419. The van der Waals surface area contributed by atoms with Crippen LogP contribution in [-0.2, 0) is 11.3 Å². The fourth-order valence-corrected chi connectivity index (χ4v) is 4.92. The molecule has 4 rings (SSSR count). The molecule has 28 heavy (non-hydrogen) atoms. The number of benzene rings is 2. The first-order valence-electron chi connectivity index (χ1n) is 9.00. The lowest BCUT2D eigenvalue weighted by molar-refractivity contribution is -0.129. The van der Waals surface area contributed by atoms with Gasteiger partial charge in [0.2, 0.25) is 5.91 Å². The van der Waals surface area contributed by atoms with Gasteiger partial charge in [0.1, 0.15) is 0 Å². The van der Waals surface area contributed by atoms with E-state index in [9.17, 15) is 4.79 Å². The zero-order valence-electron chi connectivity index (χ0n) is 15.5. The lowest BCUT2D eigenvalue weighted by Crippen LogP contribution is -2.26. The number of aromatic nitrogens is 3. The Morgan fingerprint density at radius 1 is 1.14 bits per heavy atom. The average Bonchev–Trinajstić information content (AvgIpc) is 3.35. The van der Waals surface area contributed by atoms with Crippen LogP contribution in [0.5, 0.6) is 0 Å². The molecule has 7 heteroatoms. The van der Waals surface area contributed by atoms with Crippen molar-refractivity contribution in [3.05, 3.63) is 72.6 Å². The lowest BCUT2D eigenvalue weighted by Gasteiger charge is -2.15. The van der Waals surface area contributed by atoms with Gasteiger partial charge < -0.3 is 4.90 Å². The SMILES string of the molecule is CN(Cc1cnn(-c2ccccc2)c1)C(=O)CCSc1nc2ccccc2s1. The van der Waals surface area contributed by atoms with Gasteiger partial charge in [-0.15, -0.1) is 11.3 Å². The molecule has 2 heterocycles. The van der Waals surface area contributed by atoms with Crippen LogP contribution in [0, 0.1) is 0 Å². The summed E-state index contributed by atoms with van der Waals surface area (Å²) in [6.07, 6.45) is 4.27. The molecule has 142 valence electrons. The van der Waals surface area contributed by atoms with E-state index in [1.54, 1.807) is 28.0 Å². The Bertz CT molecular complexity index is 1040. The monoisotopic (exact) mass is 408 g/mol. The van der Waals surface area contributed by atoms with E-state index < -0.39 is 0 Å². The highest BCUT2D eigenvalue weighted by molar-refractivity contribution is 8.01. The molecule has 0 radical (unpaired) electrons. The summed E-state index contributed by atoms with van der Waals surface area (Å²) in [7, 11) is 1.84. The minimum Gasteiger partial charge on any atom is -0.341 e. The Kier molecular flexibility index (Phi) is 5.73. The molecule has 5 nitrogen and oxygen atoms in total. The fraction of sp³-hybridized carbons (Fsp3) is 0.190. The number of rotatable bonds is 7. The molecule has 4 aromatic rings. The third kappa shape index (κ3) is 4.43. The highest BCUT2D eigenvalue weighted by Crippen LogP contribution is 2.29. The molecule has 0 spiro atoms. The smallest absolute Gasteiger partial charge is 0.223 e. The molecule has 0 N–H and O–H groups in total. The van der Waals surface area contributed by atoms with Crippen LogP contribution < -0.4 is 0 Å². The van der Waals surface area contributed by atoms with Crippen LogP contribution >= 0.6 is 23.1 Å². The number of amides is 1. The number of fused-ring (bicyclic) bond motifs is 1. The van der Waals surface area contributed by atoms with Gasteiger partial charge in [-0.1, -0.05) is 42.1 Å². The Morgan fingerprint density at radius 2 is 1.93 bits per heavy atom. The van der Waals surface area contributed by atoms with Gasteiger partial charge in [0.25, 0.3) is 0 Å². The Balaban J connectivity index is 1.28. The van der Waals surface area contributed by atoms with E-state index in [0.29, 0.717) is 13.0 Å². The predicted octanol–water partition coefficient (Wildman–Crippen LogP) is 4.62. The van der Waals surface area contributed by atoms with Crippen molar-refractivity contribution in [2.24, 2.45) is 0 Å². The van der Waals surface area contributed by atoms with Crippen molar-refractivity contribution in [3.8, 4) is 5.69 Å². The summed E-state index contributed by atoms with van der Waals surface area (Å²) >= 11 is 3.32. The van der Waals surface area contributed by atoms with E-state index in [0.717, 1.165) is 26.9 Å². The summed E-state index contributed by atoms with van der Waals surface area (Å²) in [4.78, 5) is 18.8. The minimum absolute atomic E-state index is 0.126. The molecule has 0 atom stereocenters. The number of carbonyl (C=O) groups is 1. The van der Waals surface area contributed by atoms with Crippen LogP contribution in [0.25, 0.3) is 15.9 Å². The van der Waals surface area contributed by atoms with E-state index >= 15 is 0 Å². The number of para-hydroxylation sites is 2. The Hall–Kier alpha value is -2.64. The van der Waals surface area contributed by atoms with Crippen LogP contribution in [0.1, 0.15) is 12.0 Å². The Labute approximate surface area is 172 Å². The third-order valence-electron chi connectivity index (χ3n) is 4.32. The van der Waals surface area contributed by atoms with Gasteiger partial charge in [0.05, 0.1) is 22.1 Å². The molecule has 0 aliphatic rings. The maximum Gasteiger partial charge on any atom is 0.223 e. The standard InChI is InChI=1S/C21H20N4OS2/c1-24(14-16-13-22-25(15-16)17-7-3-2-4-8-17)20(26)11-12-27-21-23-18-9-5-6-10-19(18)28-21/h2-10,13,15H,11-12,14H2,1H3. The maximum atomic E-state index is 12.5. The maximum absolute atomic E-state index is 12.5. The highest BCUT2D eigenvalue weighted by atomic mass is 32.2. The molecular weight excluding hydrogens is 388 g/mol. The molecule has 2 aromatic carbocycles. The van der Waals surface area contributed by atoms with Crippen LogP contribution in [0.2, 0.25) is 0 Å². The third-order valence-corrected chi connectivity index (χ3v) is 6.50. The second-order valence-electron chi connectivity index (χ2n) is 6.42. The van der Waals surface area contributed by atoms with Crippen molar-refractivity contribution in [1.29, 1.82) is 0 Å². The van der Waals surface area contributed by atoms with E-state index in [2.05, 4.69) is 16.1 Å². The van der Waals surface area contributed by atoms with Gasteiger partial charge >= 0.3 is 0 Å². The number of hydrogen-bond donors (Lipinski definition) is 0. The molecule has 0 unspecified atom stereocenters. The van der Waals surface area contributed by atoms with Crippen molar-refractivity contribution in [1.82, 2.24) is 19.7 Å². The van der Waals surface area contributed by atoms with Gasteiger partial charge in [0.15, 0.2) is 4.34 Å². The van der Waals surface area contributed by atoms with Gasteiger partial charge in [-0.05, 0) is 24.3 Å². The second kappa shape index (κ2) is 8.58. The highest BCUT2D eigenvalue weighted by Gasteiger charge is 2.12. The zero-order valence-corrected chi connectivity index (χ0v) is 17.1. The number of thioether (sulfide) groups is 1. The minimum atomic E-state index is 0.126.